The first-order chi connectivity index (χ1) is 13.0. The maximum atomic E-state index is 13.0. The van der Waals surface area contributed by atoms with E-state index < -0.39 is 47.7 Å². The Hall–Kier alpha value is -2.77. The molecule has 0 radical (unpaired) electrons. The zero-order chi connectivity index (χ0) is 21.1. The molecule has 2 atom stereocenters. The van der Waals surface area contributed by atoms with Crippen LogP contribution in [0.25, 0.3) is 0 Å². The van der Waals surface area contributed by atoms with Gasteiger partial charge in [0.15, 0.2) is 6.10 Å². The number of nitrogens with one attached hydrogen (secondary N) is 1. The van der Waals surface area contributed by atoms with E-state index in [9.17, 15) is 23.6 Å². The highest BCUT2D eigenvalue weighted by Gasteiger charge is 2.48. The molecule has 1 aliphatic rings. The highest BCUT2D eigenvalue weighted by Crippen LogP contribution is 2.24. The summed E-state index contributed by atoms with van der Waals surface area (Å²) in [5, 5.41) is 2.63. The van der Waals surface area contributed by atoms with Gasteiger partial charge in [0.2, 0.25) is 5.78 Å². The van der Waals surface area contributed by atoms with E-state index in [4.69, 9.17) is 4.74 Å². The molecule has 3 amide bonds. The Kier molecular flexibility index (Phi) is 6.53. The summed E-state index contributed by atoms with van der Waals surface area (Å²) in [6, 6.07) is 4.19. The molecule has 1 aromatic rings. The predicted octanol–water partition coefficient (Wildman–Crippen LogP) is 2.69. The van der Waals surface area contributed by atoms with Gasteiger partial charge >= 0.3 is 12.0 Å². The van der Waals surface area contributed by atoms with E-state index in [1.54, 1.807) is 6.92 Å². The summed E-state index contributed by atoms with van der Waals surface area (Å²) in [5.74, 6) is -2.00. The zero-order valence-corrected chi connectivity index (χ0v) is 16.5. The summed E-state index contributed by atoms with van der Waals surface area (Å²) in [5.41, 5.74) is -0.866. The van der Waals surface area contributed by atoms with Crippen LogP contribution < -0.4 is 5.32 Å². The normalized spacial score (nSPS) is 20.3. The summed E-state index contributed by atoms with van der Waals surface area (Å²) in [7, 11) is 0. The minimum Gasteiger partial charge on any atom is -0.453 e. The van der Waals surface area contributed by atoms with Gasteiger partial charge in [0.1, 0.15) is 17.9 Å². The molecule has 152 valence electrons. The molecular weight excluding hydrogens is 367 g/mol. The fourth-order valence-corrected chi connectivity index (χ4v) is 2.90. The maximum Gasteiger partial charge on any atom is 0.326 e. The molecule has 0 saturated carbocycles. The SMILES string of the molecule is CC(C)CC[C@@]1(C)NC(=O)N(CC(=O)O[C@H](C)C(=O)c2ccc(F)cc2)C1=O. The van der Waals surface area contributed by atoms with Gasteiger partial charge < -0.3 is 10.1 Å². The minimum atomic E-state index is -1.13. The molecule has 1 fully saturated rings. The highest BCUT2D eigenvalue weighted by molar-refractivity contribution is 6.08. The van der Waals surface area contributed by atoms with Crippen molar-refractivity contribution in [2.45, 2.75) is 52.2 Å². The van der Waals surface area contributed by atoms with E-state index in [-0.39, 0.29) is 5.56 Å². The smallest absolute Gasteiger partial charge is 0.326 e. The second kappa shape index (κ2) is 8.50. The zero-order valence-electron chi connectivity index (χ0n) is 16.5. The molecule has 1 aliphatic heterocycles. The number of benzene rings is 1. The number of hydrogen-bond donors (Lipinski definition) is 1. The van der Waals surface area contributed by atoms with Crippen LogP contribution in [-0.2, 0) is 14.3 Å². The Morgan fingerprint density at radius 2 is 1.79 bits per heavy atom. The first-order valence-electron chi connectivity index (χ1n) is 9.17. The van der Waals surface area contributed by atoms with Gasteiger partial charge in [0.05, 0.1) is 0 Å². The number of carbonyl (C=O) groups is 4. The van der Waals surface area contributed by atoms with Crippen molar-refractivity contribution in [2.75, 3.05) is 6.54 Å². The Bertz CT molecular complexity index is 777. The van der Waals surface area contributed by atoms with Crippen LogP contribution in [0.1, 0.15) is 50.9 Å². The van der Waals surface area contributed by atoms with Gasteiger partial charge in [-0.05, 0) is 56.9 Å². The third kappa shape index (κ3) is 4.94. The second-order valence-corrected chi connectivity index (χ2v) is 7.59. The largest absolute Gasteiger partial charge is 0.453 e. The van der Waals surface area contributed by atoms with Crippen molar-refractivity contribution in [3.63, 3.8) is 0 Å². The third-order valence-electron chi connectivity index (χ3n) is 4.66. The fourth-order valence-electron chi connectivity index (χ4n) is 2.90. The lowest BCUT2D eigenvalue weighted by molar-refractivity contribution is -0.149. The molecule has 1 N–H and O–H groups in total. The molecule has 0 aromatic heterocycles. The van der Waals surface area contributed by atoms with Crippen LogP contribution >= 0.6 is 0 Å². The van der Waals surface area contributed by atoms with Crippen molar-refractivity contribution in [1.29, 1.82) is 0 Å². The van der Waals surface area contributed by atoms with Gasteiger partial charge in [0, 0.05) is 5.56 Å². The van der Waals surface area contributed by atoms with Gasteiger partial charge in [-0.15, -0.1) is 0 Å². The van der Waals surface area contributed by atoms with E-state index in [2.05, 4.69) is 5.32 Å². The van der Waals surface area contributed by atoms with E-state index in [1.807, 2.05) is 13.8 Å². The molecule has 0 aliphatic carbocycles. The number of rotatable bonds is 8. The maximum absolute atomic E-state index is 13.0. The Morgan fingerprint density at radius 1 is 1.18 bits per heavy atom. The van der Waals surface area contributed by atoms with E-state index in [1.165, 1.54) is 19.1 Å². The lowest BCUT2D eigenvalue weighted by Crippen LogP contribution is -2.44. The summed E-state index contributed by atoms with van der Waals surface area (Å²) >= 11 is 0. The lowest BCUT2D eigenvalue weighted by atomic mass is 9.92. The second-order valence-electron chi connectivity index (χ2n) is 7.59. The van der Waals surface area contributed by atoms with Gasteiger partial charge in [-0.25, -0.2) is 9.18 Å². The van der Waals surface area contributed by atoms with Crippen molar-refractivity contribution < 1.29 is 28.3 Å². The van der Waals surface area contributed by atoms with Crippen LogP contribution in [0.3, 0.4) is 0 Å². The Balaban J connectivity index is 1.96. The minimum absolute atomic E-state index is 0.193. The number of halogens is 1. The fraction of sp³-hybridized carbons (Fsp3) is 0.500. The van der Waals surface area contributed by atoms with E-state index in [0.29, 0.717) is 12.3 Å². The molecular formula is C20H25FN2O5. The molecule has 2 rings (SSSR count). The van der Waals surface area contributed by atoms with Crippen molar-refractivity contribution in [2.24, 2.45) is 5.92 Å². The van der Waals surface area contributed by atoms with Crippen molar-refractivity contribution in [1.82, 2.24) is 10.2 Å². The van der Waals surface area contributed by atoms with Crippen molar-refractivity contribution >= 4 is 23.7 Å². The van der Waals surface area contributed by atoms with Crippen molar-refractivity contribution in [3.05, 3.63) is 35.6 Å². The predicted molar refractivity (Wildman–Crippen MR) is 99.0 cm³/mol. The summed E-state index contributed by atoms with van der Waals surface area (Å²) < 4.78 is 18.0. The molecule has 1 aromatic carbocycles. The summed E-state index contributed by atoms with van der Waals surface area (Å²) in [4.78, 5) is 49.9. The lowest BCUT2D eigenvalue weighted by Gasteiger charge is -2.22. The average Bonchev–Trinajstić information content (AvgIpc) is 2.83. The number of imide groups is 1. The molecule has 7 nitrogen and oxygen atoms in total. The van der Waals surface area contributed by atoms with E-state index >= 15 is 0 Å². The first kappa shape index (κ1) is 21.5. The van der Waals surface area contributed by atoms with E-state index in [0.717, 1.165) is 23.5 Å². The van der Waals surface area contributed by atoms with Gasteiger partial charge in [0.25, 0.3) is 5.91 Å². The van der Waals surface area contributed by atoms with Gasteiger partial charge in [-0.3, -0.25) is 19.3 Å². The number of ketones is 1. The molecule has 1 saturated heterocycles. The van der Waals surface area contributed by atoms with Crippen LogP contribution in [0.15, 0.2) is 24.3 Å². The van der Waals surface area contributed by atoms with Gasteiger partial charge in [-0.2, -0.15) is 0 Å². The molecule has 0 unspecified atom stereocenters. The van der Waals surface area contributed by atoms with Gasteiger partial charge in [-0.1, -0.05) is 13.8 Å². The standard InChI is InChI=1S/C20H25FN2O5/c1-12(2)9-10-20(4)18(26)23(19(27)22-20)11-16(24)28-13(3)17(25)14-5-7-15(21)8-6-14/h5-8,12-13H,9-11H2,1-4H3,(H,22,27)/t13-,20-/m1/s1. The van der Waals surface area contributed by atoms with Crippen LogP contribution in [-0.4, -0.2) is 46.8 Å². The monoisotopic (exact) mass is 392 g/mol. The number of amides is 3. The number of Topliss-reactive ketones (excluding diaryl/α,β-unsaturated/α-hetero) is 1. The topological polar surface area (TPSA) is 92.8 Å². The quantitative estimate of drug-likeness (QED) is 0.417. The number of esters is 1. The van der Waals surface area contributed by atoms with Crippen LogP contribution in [0, 0.1) is 11.7 Å². The number of carbonyl (C=O) groups excluding carboxylic acids is 4. The number of hydrogen-bond acceptors (Lipinski definition) is 5. The number of urea groups is 1. The number of ether oxygens (including phenoxy) is 1. The molecule has 28 heavy (non-hydrogen) atoms. The third-order valence-corrected chi connectivity index (χ3v) is 4.66. The van der Waals surface area contributed by atoms with Crippen LogP contribution in [0.5, 0.6) is 0 Å². The first-order valence-corrected chi connectivity index (χ1v) is 9.17. The Morgan fingerprint density at radius 3 is 2.36 bits per heavy atom. The molecule has 0 spiro atoms. The van der Waals surface area contributed by atoms with Crippen LogP contribution in [0.4, 0.5) is 9.18 Å². The summed E-state index contributed by atoms with van der Waals surface area (Å²) in [6.45, 7) is 6.45. The molecule has 1 heterocycles. The molecule has 8 heteroatoms. The summed E-state index contributed by atoms with van der Waals surface area (Å²) in [6.07, 6.45) is 0.0654. The van der Waals surface area contributed by atoms with Crippen molar-refractivity contribution in [3.8, 4) is 0 Å². The highest BCUT2D eigenvalue weighted by atomic mass is 19.1. The number of nitrogens with zero attached hydrogens (tertiary/aromatic N) is 1. The Labute approximate surface area is 163 Å². The average molecular weight is 392 g/mol. The molecule has 0 bridgehead atoms. The van der Waals surface area contributed by atoms with Crippen LogP contribution in [0.2, 0.25) is 0 Å².